The Kier molecular flexibility index (Phi) is 6.12. The zero-order valence-corrected chi connectivity index (χ0v) is 16.9. The number of hydrogen-bond donors (Lipinski definition) is 2. The summed E-state index contributed by atoms with van der Waals surface area (Å²) >= 11 is 6.02. The van der Waals surface area contributed by atoms with Crippen molar-refractivity contribution in [2.75, 3.05) is 6.54 Å². The van der Waals surface area contributed by atoms with Crippen molar-refractivity contribution in [1.29, 1.82) is 0 Å². The van der Waals surface area contributed by atoms with Gasteiger partial charge in [0.2, 0.25) is 0 Å². The molecule has 0 radical (unpaired) electrons. The summed E-state index contributed by atoms with van der Waals surface area (Å²) in [6, 6.07) is 17.4. The van der Waals surface area contributed by atoms with E-state index in [0.717, 1.165) is 16.8 Å². The summed E-state index contributed by atoms with van der Waals surface area (Å²) in [5, 5.41) is 4.03. The first-order valence-electron chi connectivity index (χ1n) is 9.15. The van der Waals surface area contributed by atoms with E-state index in [1.54, 1.807) is 6.92 Å². The molecule has 144 valence electrons. The first-order valence-corrected chi connectivity index (χ1v) is 9.53. The molecule has 0 spiro atoms. The largest absolute Gasteiger partial charge is 0.355 e. The van der Waals surface area contributed by atoms with Crippen molar-refractivity contribution in [3.8, 4) is 0 Å². The summed E-state index contributed by atoms with van der Waals surface area (Å²) in [6.07, 6.45) is 0. The van der Waals surface area contributed by atoms with E-state index in [4.69, 9.17) is 11.6 Å². The average molecular weight is 395 g/mol. The topological polar surface area (TPSA) is 62.0 Å². The van der Waals surface area contributed by atoms with Gasteiger partial charge in [-0.1, -0.05) is 54.1 Å². The number of aromatic amines is 1. The van der Waals surface area contributed by atoms with Crippen molar-refractivity contribution < 1.29 is 9.59 Å². The Morgan fingerprint density at radius 3 is 2.18 bits per heavy atom. The summed E-state index contributed by atoms with van der Waals surface area (Å²) in [6.45, 7) is 5.28. The van der Waals surface area contributed by atoms with Crippen LogP contribution in [0.3, 0.4) is 0 Å². The Morgan fingerprint density at radius 1 is 1.00 bits per heavy atom. The van der Waals surface area contributed by atoms with Gasteiger partial charge in [0.25, 0.3) is 0 Å². The summed E-state index contributed by atoms with van der Waals surface area (Å²) < 4.78 is 0. The number of nitrogens with one attached hydrogen (secondary N) is 2. The number of aryl methyl sites for hydroxylation is 1. The van der Waals surface area contributed by atoms with Crippen LogP contribution in [0.15, 0.2) is 54.6 Å². The number of halogens is 1. The van der Waals surface area contributed by atoms with Crippen LogP contribution < -0.4 is 5.32 Å². The third-order valence-electron chi connectivity index (χ3n) is 4.87. The molecule has 1 heterocycles. The maximum Gasteiger partial charge on any atom is 0.193 e. The van der Waals surface area contributed by atoms with Crippen LogP contribution in [0.2, 0.25) is 5.02 Å². The molecule has 3 aromatic rings. The molecule has 1 aromatic heterocycles. The number of carbonyl (C=O) groups is 2. The van der Waals surface area contributed by atoms with Crippen molar-refractivity contribution in [2.24, 2.45) is 0 Å². The molecule has 4 nitrogen and oxygen atoms in total. The second-order valence-electron chi connectivity index (χ2n) is 6.88. The van der Waals surface area contributed by atoms with Gasteiger partial charge in [0, 0.05) is 16.3 Å². The van der Waals surface area contributed by atoms with Crippen molar-refractivity contribution in [2.45, 2.75) is 26.8 Å². The van der Waals surface area contributed by atoms with E-state index in [0.29, 0.717) is 21.8 Å². The van der Waals surface area contributed by atoms with E-state index in [2.05, 4.69) is 10.3 Å². The maximum absolute atomic E-state index is 12.8. The predicted molar refractivity (Wildman–Crippen MR) is 112 cm³/mol. The quantitative estimate of drug-likeness (QED) is 0.551. The first-order chi connectivity index (χ1) is 13.4. The fourth-order valence-electron chi connectivity index (χ4n) is 3.57. The fraction of sp³-hybridized carbons (Fsp3) is 0.217. The molecule has 1 unspecified atom stereocenters. The van der Waals surface area contributed by atoms with Crippen molar-refractivity contribution >= 4 is 23.2 Å². The third-order valence-corrected chi connectivity index (χ3v) is 5.12. The highest BCUT2D eigenvalue weighted by atomic mass is 35.5. The maximum atomic E-state index is 12.8. The number of rotatable bonds is 7. The smallest absolute Gasteiger partial charge is 0.193 e. The minimum absolute atomic E-state index is 0.0402. The number of carbonyl (C=O) groups excluding carboxylic acids is 2. The Morgan fingerprint density at radius 2 is 1.61 bits per heavy atom. The average Bonchev–Trinajstić information content (AvgIpc) is 2.98. The summed E-state index contributed by atoms with van der Waals surface area (Å²) in [5.74, 6) is -0.121. The molecule has 0 amide bonds. The van der Waals surface area contributed by atoms with E-state index < -0.39 is 0 Å². The summed E-state index contributed by atoms with van der Waals surface area (Å²) in [5.41, 5.74) is 4.60. The standard InChI is InChI=1S/C23H23ClN2O2/c1-14-21(16(3)27)15(2)26-22(14)20(28)13-25-23(17-7-5-4-6-8-17)18-9-11-19(24)12-10-18/h4-12,23,25-26H,13H2,1-3H3. The van der Waals surface area contributed by atoms with Gasteiger partial charge in [-0.05, 0) is 49.6 Å². The van der Waals surface area contributed by atoms with Gasteiger partial charge in [-0.15, -0.1) is 0 Å². The minimum atomic E-state index is -0.147. The zero-order chi connectivity index (χ0) is 20.3. The normalized spacial score (nSPS) is 12.0. The molecule has 5 heteroatoms. The van der Waals surface area contributed by atoms with Crippen molar-refractivity contribution in [3.05, 3.63) is 93.3 Å². The fourth-order valence-corrected chi connectivity index (χ4v) is 3.69. The van der Waals surface area contributed by atoms with Crippen LogP contribution >= 0.6 is 11.6 Å². The van der Waals surface area contributed by atoms with Gasteiger partial charge in [-0.3, -0.25) is 14.9 Å². The molecule has 0 bridgehead atoms. The van der Waals surface area contributed by atoms with E-state index in [1.807, 2.05) is 61.5 Å². The number of ketones is 2. The number of Topliss-reactive ketones (excluding diaryl/α,β-unsaturated/α-hetero) is 2. The number of H-pyrrole nitrogens is 1. The SMILES string of the molecule is CC(=O)c1c(C)[nH]c(C(=O)CNC(c2ccccc2)c2ccc(Cl)cc2)c1C. The lowest BCUT2D eigenvalue weighted by molar-refractivity contribution is 0.0983. The van der Waals surface area contributed by atoms with Crippen LogP contribution in [-0.4, -0.2) is 23.1 Å². The van der Waals surface area contributed by atoms with Crippen molar-refractivity contribution in [1.82, 2.24) is 10.3 Å². The highest BCUT2D eigenvalue weighted by Gasteiger charge is 2.21. The molecular weight excluding hydrogens is 372 g/mol. The van der Waals surface area contributed by atoms with Gasteiger partial charge in [-0.25, -0.2) is 0 Å². The monoisotopic (exact) mass is 394 g/mol. The second kappa shape index (κ2) is 8.55. The van der Waals surface area contributed by atoms with Gasteiger partial charge in [0.1, 0.15) is 0 Å². The Bertz CT molecular complexity index is 991. The van der Waals surface area contributed by atoms with Crippen LogP contribution in [0.5, 0.6) is 0 Å². The van der Waals surface area contributed by atoms with E-state index >= 15 is 0 Å². The van der Waals surface area contributed by atoms with Gasteiger partial charge in [0.05, 0.1) is 18.3 Å². The molecule has 2 N–H and O–H groups in total. The van der Waals surface area contributed by atoms with Gasteiger partial charge < -0.3 is 4.98 Å². The zero-order valence-electron chi connectivity index (χ0n) is 16.2. The number of benzene rings is 2. The van der Waals surface area contributed by atoms with Crippen molar-refractivity contribution in [3.63, 3.8) is 0 Å². The number of hydrogen-bond acceptors (Lipinski definition) is 3. The van der Waals surface area contributed by atoms with E-state index in [1.165, 1.54) is 6.92 Å². The molecule has 28 heavy (non-hydrogen) atoms. The lowest BCUT2D eigenvalue weighted by Gasteiger charge is -2.19. The molecule has 0 aliphatic heterocycles. The Balaban J connectivity index is 1.84. The molecule has 3 rings (SSSR count). The molecule has 2 aromatic carbocycles. The Labute approximate surface area is 169 Å². The molecule has 1 atom stereocenters. The minimum Gasteiger partial charge on any atom is -0.355 e. The van der Waals surface area contributed by atoms with Gasteiger partial charge in [-0.2, -0.15) is 0 Å². The number of aromatic nitrogens is 1. The van der Waals surface area contributed by atoms with Crippen LogP contribution in [0.4, 0.5) is 0 Å². The summed E-state index contributed by atoms with van der Waals surface area (Å²) in [4.78, 5) is 27.8. The van der Waals surface area contributed by atoms with Crippen LogP contribution in [0, 0.1) is 13.8 Å². The highest BCUT2D eigenvalue weighted by molar-refractivity contribution is 6.30. The van der Waals surface area contributed by atoms with Gasteiger partial charge >= 0.3 is 0 Å². The van der Waals surface area contributed by atoms with Crippen LogP contribution in [0.25, 0.3) is 0 Å². The highest BCUT2D eigenvalue weighted by Crippen LogP contribution is 2.24. The lowest BCUT2D eigenvalue weighted by Crippen LogP contribution is -2.29. The lowest BCUT2D eigenvalue weighted by atomic mass is 9.98. The molecule has 0 saturated heterocycles. The van der Waals surface area contributed by atoms with E-state index in [9.17, 15) is 9.59 Å². The molecule has 0 fully saturated rings. The summed E-state index contributed by atoms with van der Waals surface area (Å²) in [7, 11) is 0. The molecular formula is C23H23ClN2O2. The van der Waals surface area contributed by atoms with E-state index in [-0.39, 0.29) is 24.2 Å². The first kappa shape index (κ1) is 20.1. The third kappa shape index (κ3) is 4.24. The van der Waals surface area contributed by atoms with Gasteiger partial charge in [0.15, 0.2) is 11.6 Å². The predicted octanol–water partition coefficient (Wildman–Crippen LogP) is 5.05. The molecule has 0 aliphatic rings. The second-order valence-corrected chi connectivity index (χ2v) is 7.32. The Hall–Kier alpha value is -2.69. The van der Waals surface area contributed by atoms with Crippen LogP contribution in [-0.2, 0) is 0 Å². The van der Waals surface area contributed by atoms with Crippen LogP contribution in [0.1, 0.15) is 56.2 Å². The molecule has 0 saturated carbocycles. The molecule has 0 aliphatic carbocycles.